The minimum atomic E-state index is -0.269. The molecule has 4 aromatic rings. The highest BCUT2D eigenvalue weighted by Crippen LogP contribution is 2.31. The van der Waals surface area contributed by atoms with Crippen molar-refractivity contribution in [1.82, 2.24) is 19.9 Å². The van der Waals surface area contributed by atoms with Gasteiger partial charge in [0.25, 0.3) is 5.89 Å². The van der Waals surface area contributed by atoms with Gasteiger partial charge < -0.3 is 14.0 Å². The van der Waals surface area contributed by atoms with Crippen molar-refractivity contribution in [3.8, 4) is 28.7 Å². The third kappa shape index (κ3) is 3.46. The van der Waals surface area contributed by atoms with E-state index in [9.17, 15) is 4.39 Å². The van der Waals surface area contributed by atoms with Crippen molar-refractivity contribution in [2.24, 2.45) is 0 Å². The highest BCUT2D eigenvalue weighted by atomic mass is 19.1. The Kier molecular flexibility index (Phi) is 4.76. The van der Waals surface area contributed by atoms with Crippen LogP contribution in [0.5, 0.6) is 5.75 Å². The number of hydrogen-bond donors (Lipinski definition) is 0. The number of para-hydroxylation sites is 1. The first-order valence-corrected chi connectivity index (χ1v) is 9.71. The molecule has 2 aromatic heterocycles. The lowest BCUT2D eigenvalue weighted by Gasteiger charge is -2.24. The minimum absolute atomic E-state index is 0.192. The smallest absolute Gasteiger partial charge is 0.278 e. The van der Waals surface area contributed by atoms with E-state index in [4.69, 9.17) is 14.0 Å². The van der Waals surface area contributed by atoms with E-state index in [0.717, 1.165) is 16.8 Å². The molecule has 3 heterocycles. The van der Waals surface area contributed by atoms with Crippen LogP contribution in [0.3, 0.4) is 0 Å². The summed E-state index contributed by atoms with van der Waals surface area (Å²) in [7, 11) is 0. The predicted octanol–water partition coefficient (Wildman–Crippen LogP) is 4.41. The Hall–Kier alpha value is -3.52. The molecule has 0 saturated carbocycles. The Morgan fingerprint density at radius 1 is 1.17 bits per heavy atom. The summed E-state index contributed by atoms with van der Waals surface area (Å²) >= 11 is 0. The Bertz CT molecular complexity index is 1170. The molecule has 0 bridgehead atoms. The Morgan fingerprint density at radius 3 is 2.83 bits per heavy atom. The quantitative estimate of drug-likeness (QED) is 0.489. The number of nitrogens with zero attached hydrogens (tertiary/aromatic N) is 4. The molecule has 2 aromatic carbocycles. The van der Waals surface area contributed by atoms with Gasteiger partial charge in [0.1, 0.15) is 17.7 Å². The Morgan fingerprint density at radius 2 is 2.00 bits per heavy atom. The number of benzene rings is 2. The number of rotatable bonds is 5. The van der Waals surface area contributed by atoms with E-state index >= 15 is 0 Å². The second-order valence-corrected chi connectivity index (χ2v) is 6.91. The lowest BCUT2D eigenvalue weighted by atomic mass is 10.1. The van der Waals surface area contributed by atoms with E-state index < -0.39 is 0 Å². The molecule has 1 aliphatic rings. The molecule has 1 aliphatic heterocycles. The largest absolute Gasteiger partial charge is 0.493 e. The fourth-order valence-corrected chi connectivity index (χ4v) is 3.48. The fraction of sp³-hybridized carbons (Fsp3) is 0.227. The van der Waals surface area contributed by atoms with Crippen LogP contribution < -0.4 is 4.74 Å². The first-order chi connectivity index (χ1) is 14.7. The fourth-order valence-electron chi connectivity index (χ4n) is 3.48. The maximum atomic E-state index is 13.2. The highest BCUT2D eigenvalue weighted by Gasteiger charge is 2.24. The standard InChI is InChI=1S/C22H19FN4O3/c1-2-28-19-6-4-3-5-17(19)21-24-22(30-26-21)18-11-16-13-29-20(12-27(16)25-18)14-7-9-15(23)10-8-14/h3-11,20H,2,12-13H2,1H3/t20-/m0/s1. The third-order valence-electron chi connectivity index (χ3n) is 4.95. The summed E-state index contributed by atoms with van der Waals surface area (Å²) in [5, 5.41) is 8.72. The minimum Gasteiger partial charge on any atom is -0.493 e. The predicted molar refractivity (Wildman–Crippen MR) is 106 cm³/mol. The summed E-state index contributed by atoms with van der Waals surface area (Å²) in [5.74, 6) is 1.21. The summed E-state index contributed by atoms with van der Waals surface area (Å²) in [6.07, 6.45) is -0.192. The maximum Gasteiger partial charge on any atom is 0.278 e. The van der Waals surface area contributed by atoms with Gasteiger partial charge in [-0.2, -0.15) is 10.1 Å². The van der Waals surface area contributed by atoms with Crippen LogP contribution in [0.15, 0.2) is 59.1 Å². The van der Waals surface area contributed by atoms with E-state index in [-0.39, 0.29) is 11.9 Å². The zero-order valence-electron chi connectivity index (χ0n) is 16.3. The van der Waals surface area contributed by atoms with Crippen molar-refractivity contribution in [2.45, 2.75) is 26.2 Å². The summed E-state index contributed by atoms with van der Waals surface area (Å²) in [6, 6.07) is 15.8. The SMILES string of the molecule is CCOc1ccccc1-c1noc(-c2cc3n(n2)C[C@@H](c2ccc(F)cc2)OC3)n1. The second kappa shape index (κ2) is 7.72. The number of hydrogen-bond acceptors (Lipinski definition) is 6. The lowest BCUT2D eigenvalue weighted by Crippen LogP contribution is -2.21. The van der Waals surface area contributed by atoms with Crippen LogP contribution in [0.4, 0.5) is 4.39 Å². The molecule has 30 heavy (non-hydrogen) atoms. The molecule has 0 saturated heterocycles. The van der Waals surface area contributed by atoms with Crippen molar-refractivity contribution in [1.29, 1.82) is 0 Å². The number of fused-ring (bicyclic) bond motifs is 1. The van der Waals surface area contributed by atoms with E-state index in [1.807, 2.05) is 41.9 Å². The summed E-state index contributed by atoms with van der Waals surface area (Å²) in [5.41, 5.74) is 3.17. The average molecular weight is 406 g/mol. The molecule has 7 nitrogen and oxygen atoms in total. The molecule has 152 valence electrons. The number of halogens is 1. The lowest BCUT2D eigenvalue weighted by molar-refractivity contribution is -0.00116. The molecule has 5 rings (SSSR count). The molecule has 0 N–H and O–H groups in total. The second-order valence-electron chi connectivity index (χ2n) is 6.91. The van der Waals surface area contributed by atoms with Gasteiger partial charge in [-0.05, 0) is 42.8 Å². The van der Waals surface area contributed by atoms with E-state index in [1.165, 1.54) is 12.1 Å². The van der Waals surface area contributed by atoms with Crippen molar-refractivity contribution in [3.05, 3.63) is 71.7 Å². The van der Waals surface area contributed by atoms with Gasteiger partial charge >= 0.3 is 0 Å². The molecule has 0 aliphatic carbocycles. The third-order valence-corrected chi connectivity index (χ3v) is 4.95. The van der Waals surface area contributed by atoms with Crippen molar-refractivity contribution in [2.75, 3.05) is 6.61 Å². The zero-order chi connectivity index (χ0) is 20.5. The number of aromatic nitrogens is 4. The molecular weight excluding hydrogens is 387 g/mol. The van der Waals surface area contributed by atoms with Crippen molar-refractivity contribution in [3.63, 3.8) is 0 Å². The van der Waals surface area contributed by atoms with Crippen LogP contribution in [0.1, 0.15) is 24.3 Å². The summed E-state index contributed by atoms with van der Waals surface area (Å²) in [4.78, 5) is 4.51. The van der Waals surface area contributed by atoms with Crippen LogP contribution in [0.25, 0.3) is 23.0 Å². The van der Waals surface area contributed by atoms with Gasteiger partial charge in [-0.25, -0.2) is 4.39 Å². The summed E-state index contributed by atoms with van der Waals surface area (Å²) in [6.45, 7) is 3.39. The maximum absolute atomic E-state index is 13.2. The molecule has 0 amide bonds. The Balaban J connectivity index is 1.40. The van der Waals surface area contributed by atoms with Gasteiger partial charge in [0, 0.05) is 0 Å². The molecule has 0 unspecified atom stereocenters. The van der Waals surface area contributed by atoms with Gasteiger partial charge in [0.15, 0.2) is 5.69 Å². The van der Waals surface area contributed by atoms with Crippen LogP contribution in [0.2, 0.25) is 0 Å². The topological polar surface area (TPSA) is 75.2 Å². The Labute approximate surface area is 172 Å². The molecule has 0 spiro atoms. The first-order valence-electron chi connectivity index (χ1n) is 9.71. The monoisotopic (exact) mass is 406 g/mol. The van der Waals surface area contributed by atoms with Gasteiger partial charge in [-0.15, -0.1) is 0 Å². The first kappa shape index (κ1) is 18.5. The normalized spacial score (nSPS) is 15.7. The molecular formula is C22H19FN4O3. The van der Waals surface area contributed by atoms with E-state index in [1.54, 1.807) is 12.1 Å². The summed E-state index contributed by atoms with van der Waals surface area (Å²) < 4.78 is 32.1. The van der Waals surface area contributed by atoms with Crippen molar-refractivity contribution < 1.29 is 18.4 Å². The van der Waals surface area contributed by atoms with Crippen LogP contribution in [0, 0.1) is 5.82 Å². The van der Waals surface area contributed by atoms with Gasteiger partial charge in [-0.1, -0.05) is 29.4 Å². The highest BCUT2D eigenvalue weighted by molar-refractivity contribution is 5.65. The van der Waals surface area contributed by atoms with Gasteiger partial charge in [0.2, 0.25) is 5.82 Å². The molecule has 0 radical (unpaired) electrons. The van der Waals surface area contributed by atoms with E-state index in [0.29, 0.717) is 42.9 Å². The zero-order valence-corrected chi connectivity index (χ0v) is 16.3. The van der Waals surface area contributed by atoms with Gasteiger partial charge in [-0.3, -0.25) is 4.68 Å². The van der Waals surface area contributed by atoms with Crippen LogP contribution >= 0.6 is 0 Å². The molecule has 0 fully saturated rings. The van der Waals surface area contributed by atoms with Crippen LogP contribution in [-0.2, 0) is 17.9 Å². The van der Waals surface area contributed by atoms with Gasteiger partial charge in [0.05, 0.1) is 31.0 Å². The molecule has 8 heteroatoms. The average Bonchev–Trinajstić information content (AvgIpc) is 3.41. The number of ether oxygens (including phenoxy) is 2. The van der Waals surface area contributed by atoms with E-state index in [2.05, 4.69) is 15.2 Å². The van der Waals surface area contributed by atoms with Crippen LogP contribution in [-0.4, -0.2) is 26.5 Å². The van der Waals surface area contributed by atoms with Crippen molar-refractivity contribution >= 4 is 0 Å². The molecule has 1 atom stereocenters.